The number of hydrogen-bond acceptors (Lipinski definition) is 9. The van der Waals surface area contributed by atoms with Gasteiger partial charge in [0.15, 0.2) is 5.82 Å². The molecular formula is C17H18N8O2S2. The zero-order valence-corrected chi connectivity index (χ0v) is 17.3. The number of anilines is 1. The van der Waals surface area contributed by atoms with Crippen molar-refractivity contribution in [2.45, 2.75) is 18.7 Å². The summed E-state index contributed by atoms with van der Waals surface area (Å²) in [6.45, 7) is 4.39. The molecule has 0 saturated heterocycles. The summed E-state index contributed by atoms with van der Waals surface area (Å²) in [4.78, 5) is 0.123. The normalized spacial score (nSPS) is 11.8. The highest BCUT2D eigenvalue weighted by Crippen LogP contribution is 2.20. The van der Waals surface area contributed by atoms with Crippen LogP contribution in [0.2, 0.25) is 0 Å². The predicted octanol–water partition coefficient (Wildman–Crippen LogP) is 1.67. The molecule has 0 bridgehead atoms. The van der Waals surface area contributed by atoms with Crippen molar-refractivity contribution >= 4 is 38.6 Å². The van der Waals surface area contributed by atoms with Crippen molar-refractivity contribution < 1.29 is 8.42 Å². The van der Waals surface area contributed by atoms with Crippen molar-refractivity contribution in [1.82, 2.24) is 33.4 Å². The number of rotatable bonds is 7. The Morgan fingerprint density at radius 2 is 1.93 bits per heavy atom. The molecule has 10 nitrogen and oxygen atoms in total. The zero-order chi connectivity index (χ0) is 20.4. The molecule has 12 heteroatoms. The molecule has 4 rings (SSSR count). The first-order chi connectivity index (χ1) is 13.9. The minimum absolute atomic E-state index is 0.123. The first kappa shape index (κ1) is 19.4. The molecule has 4 aromatic rings. The Labute approximate surface area is 171 Å². The predicted molar refractivity (Wildman–Crippen MR) is 110 cm³/mol. The molecular weight excluding hydrogens is 412 g/mol. The molecule has 0 amide bonds. The van der Waals surface area contributed by atoms with Gasteiger partial charge in [0.25, 0.3) is 0 Å². The fourth-order valence-corrected chi connectivity index (χ4v) is 4.64. The molecule has 0 unspecified atom stereocenters. The van der Waals surface area contributed by atoms with E-state index in [0.717, 1.165) is 23.1 Å². The van der Waals surface area contributed by atoms with Gasteiger partial charge in [0, 0.05) is 18.8 Å². The van der Waals surface area contributed by atoms with E-state index in [1.54, 1.807) is 28.9 Å². The van der Waals surface area contributed by atoms with E-state index < -0.39 is 10.0 Å². The Morgan fingerprint density at radius 1 is 1.07 bits per heavy atom. The van der Waals surface area contributed by atoms with Gasteiger partial charge in [0.1, 0.15) is 21.7 Å². The van der Waals surface area contributed by atoms with E-state index in [4.69, 9.17) is 0 Å². The number of hydrogen-bond donors (Lipinski definition) is 2. The van der Waals surface area contributed by atoms with Crippen LogP contribution in [-0.2, 0) is 10.0 Å². The van der Waals surface area contributed by atoms with Crippen LogP contribution in [-0.4, -0.2) is 50.2 Å². The molecule has 0 saturated carbocycles. The topological polar surface area (TPSA) is 128 Å². The van der Waals surface area contributed by atoms with Crippen LogP contribution in [0.5, 0.6) is 0 Å². The highest BCUT2D eigenvalue weighted by Gasteiger charge is 2.18. The summed E-state index contributed by atoms with van der Waals surface area (Å²) < 4.78 is 37.5. The Balaban J connectivity index is 1.36. The maximum absolute atomic E-state index is 12.6. The van der Waals surface area contributed by atoms with E-state index in [1.165, 1.54) is 6.07 Å². The van der Waals surface area contributed by atoms with Gasteiger partial charge in [-0.1, -0.05) is 6.07 Å². The lowest BCUT2D eigenvalue weighted by molar-refractivity contribution is 0.583. The van der Waals surface area contributed by atoms with Crippen LogP contribution < -0.4 is 10.0 Å². The SMILES string of the molecule is Cc1cc(C)n(-c2ccc(NCCNS(=O)(=O)c3cccc4nsnc34)nn2)n1. The first-order valence-corrected chi connectivity index (χ1v) is 11.0. The van der Waals surface area contributed by atoms with Crippen LogP contribution in [0, 0.1) is 13.8 Å². The minimum Gasteiger partial charge on any atom is -0.367 e. The number of sulfonamides is 1. The van der Waals surface area contributed by atoms with Crippen LogP contribution >= 0.6 is 11.7 Å². The van der Waals surface area contributed by atoms with Crippen molar-refractivity contribution in [1.29, 1.82) is 0 Å². The zero-order valence-electron chi connectivity index (χ0n) is 15.7. The van der Waals surface area contributed by atoms with E-state index in [9.17, 15) is 8.42 Å². The maximum Gasteiger partial charge on any atom is 0.242 e. The largest absolute Gasteiger partial charge is 0.367 e. The molecule has 1 aromatic carbocycles. The van der Waals surface area contributed by atoms with Crippen LogP contribution in [0.15, 0.2) is 41.3 Å². The van der Waals surface area contributed by atoms with Gasteiger partial charge in [-0.05, 0) is 44.2 Å². The monoisotopic (exact) mass is 430 g/mol. The number of nitrogens with one attached hydrogen (secondary N) is 2. The van der Waals surface area contributed by atoms with Crippen molar-refractivity contribution in [3.63, 3.8) is 0 Å². The number of aromatic nitrogens is 6. The van der Waals surface area contributed by atoms with Crippen molar-refractivity contribution in [3.05, 3.63) is 47.8 Å². The summed E-state index contributed by atoms with van der Waals surface area (Å²) >= 11 is 0.984. The van der Waals surface area contributed by atoms with Gasteiger partial charge in [-0.25, -0.2) is 17.8 Å². The summed E-state index contributed by atoms with van der Waals surface area (Å²) in [6, 6.07) is 10.4. The quantitative estimate of drug-likeness (QED) is 0.424. The summed E-state index contributed by atoms with van der Waals surface area (Å²) in [7, 11) is -3.69. The van der Waals surface area contributed by atoms with Gasteiger partial charge >= 0.3 is 0 Å². The van der Waals surface area contributed by atoms with Crippen LogP contribution in [0.3, 0.4) is 0 Å². The fraction of sp³-hybridized carbons (Fsp3) is 0.235. The molecule has 0 aliphatic heterocycles. The Hall–Kier alpha value is -2.96. The highest BCUT2D eigenvalue weighted by atomic mass is 32.2. The molecule has 3 heterocycles. The lowest BCUT2D eigenvalue weighted by atomic mass is 10.3. The van der Waals surface area contributed by atoms with Crippen LogP contribution in [0.25, 0.3) is 16.9 Å². The molecule has 0 spiro atoms. The lowest BCUT2D eigenvalue weighted by Crippen LogP contribution is -2.29. The van der Waals surface area contributed by atoms with Gasteiger partial charge in [-0.15, -0.1) is 10.2 Å². The Morgan fingerprint density at radius 3 is 2.66 bits per heavy atom. The Kier molecular flexibility index (Phi) is 5.22. The first-order valence-electron chi connectivity index (χ1n) is 8.76. The molecule has 3 aromatic heterocycles. The fourth-order valence-electron chi connectivity index (χ4n) is 2.85. The molecule has 150 valence electrons. The summed E-state index contributed by atoms with van der Waals surface area (Å²) in [5.74, 6) is 1.16. The molecule has 29 heavy (non-hydrogen) atoms. The average molecular weight is 431 g/mol. The summed E-state index contributed by atoms with van der Waals surface area (Å²) in [5.41, 5.74) is 2.82. The maximum atomic E-state index is 12.6. The van der Waals surface area contributed by atoms with Crippen molar-refractivity contribution in [2.24, 2.45) is 0 Å². The van der Waals surface area contributed by atoms with E-state index in [2.05, 4.69) is 34.1 Å². The second-order valence-electron chi connectivity index (χ2n) is 6.33. The van der Waals surface area contributed by atoms with Crippen LogP contribution in [0.1, 0.15) is 11.4 Å². The van der Waals surface area contributed by atoms with Gasteiger partial charge < -0.3 is 5.32 Å². The number of nitrogens with zero attached hydrogens (tertiary/aromatic N) is 6. The second-order valence-corrected chi connectivity index (χ2v) is 8.59. The number of aryl methyl sites for hydroxylation is 2. The highest BCUT2D eigenvalue weighted by molar-refractivity contribution is 7.89. The van der Waals surface area contributed by atoms with Gasteiger partial charge in [-0.2, -0.15) is 13.8 Å². The summed E-state index contributed by atoms with van der Waals surface area (Å²) in [6.07, 6.45) is 0. The third-order valence-corrected chi connectivity index (χ3v) is 6.17. The van der Waals surface area contributed by atoms with Gasteiger partial charge in [-0.3, -0.25) is 0 Å². The van der Waals surface area contributed by atoms with E-state index >= 15 is 0 Å². The molecule has 0 fully saturated rings. The standard InChI is InChI=1S/C17H18N8O2S2/c1-11-10-12(2)25(22-11)16-7-6-15(20-21-16)18-8-9-19-29(26,27)14-5-3-4-13-17(14)24-28-23-13/h3-7,10,19H,8-9H2,1-2H3,(H,18,20). The lowest BCUT2D eigenvalue weighted by Gasteiger charge is -2.09. The smallest absolute Gasteiger partial charge is 0.242 e. The van der Waals surface area contributed by atoms with Crippen LogP contribution in [0.4, 0.5) is 5.82 Å². The average Bonchev–Trinajstić information content (AvgIpc) is 3.31. The molecule has 0 radical (unpaired) electrons. The molecule has 0 aliphatic rings. The van der Waals surface area contributed by atoms with E-state index in [0.29, 0.717) is 29.2 Å². The van der Waals surface area contributed by atoms with E-state index in [-0.39, 0.29) is 11.4 Å². The second kappa shape index (κ2) is 7.81. The third kappa shape index (κ3) is 4.09. The Bertz CT molecular complexity index is 1250. The number of fused-ring (bicyclic) bond motifs is 1. The molecule has 2 N–H and O–H groups in total. The molecule has 0 aliphatic carbocycles. The number of benzene rings is 1. The van der Waals surface area contributed by atoms with Crippen molar-refractivity contribution in [2.75, 3.05) is 18.4 Å². The van der Waals surface area contributed by atoms with Gasteiger partial charge in [0.2, 0.25) is 10.0 Å². The van der Waals surface area contributed by atoms with Crippen molar-refractivity contribution in [3.8, 4) is 5.82 Å². The van der Waals surface area contributed by atoms with E-state index in [1.807, 2.05) is 19.9 Å². The molecule has 0 atom stereocenters. The minimum atomic E-state index is -3.69. The van der Waals surface area contributed by atoms with Gasteiger partial charge in [0.05, 0.1) is 17.4 Å². The third-order valence-electron chi connectivity index (χ3n) is 4.14. The summed E-state index contributed by atoms with van der Waals surface area (Å²) in [5, 5.41) is 15.7.